The van der Waals surface area contributed by atoms with E-state index < -0.39 is 5.97 Å². The quantitative estimate of drug-likeness (QED) is 0.942. The minimum atomic E-state index is -0.956. The zero-order chi connectivity index (χ0) is 16.8. The van der Waals surface area contributed by atoms with Crippen molar-refractivity contribution in [3.05, 3.63) is 40.8 Å². The van der Waals surface area contributed by atoms with Crippen LogP contribution in [-0.4, -0.2) is 25.8 Å². The van der Waals surface area contributed by atoms with Crippen LogP contribution in [0, 0.1) is 18.3 Å². The summed E-state index contributed by atoms with van der Waals surface area (Å²) >= 11 is 0. The van der Waals surface area contributed by atoms with E-state index in [0.29, 0.717) is 11.7 Å². The molecule has 1 N–H and O–H groups in total. The van der Waals surface area contributed by atoms with Crippen LogP contribution >= 0.6 is 0 Å². The summed E-state index contributed by atoms with van der Waals surface area (Å²) in [5, 5.41) is 13.9. The second-order valence-electron chi connectivity index (χ2n) is 7.16. The van der Waals surface area contributed by atoms with Gasteiger partial charge in [-0.1, -0.05) is 27.2 Å². The maximum Gasteiger partial charge on any atom is 0.356 e. The average molecular weight is 313 g/mol. The Labute approximate surface area is 136 Å². The molecule has 0 saturated heterocycles. The van der Waals surface area contributed by atoms with E-state index in [4.69, 9.17) is 0 Å². The highest BCUT2D eigenvalue weighted by molar-refractivity contribution is 5.87. The Kier molecular flexibility index (Phi) is 3.74. The number of aromatic carboxylic acids is 1. The summed E-state index contributed by atoms with van der Waals surface area (Å²) in [5.41, 5.74) is 3.26. The van der Waals surface area contributed by atoms with Crippen LogP contribution in [0.1, 0.15) is 54.5 Å². The van der Waals surface area contributed by atoms with Crippen molar-refractivity contribution in [1.29, 1.82) is 0 Å². The predicted molar refractivity (Wildman–Crippen MR) is 88.0 cm³/mol. The molecule has 0 saturated carbocycles. The van der Waals surface area contributed by atoms with Crippen LogP contribution in [0.15, 0.2) is 18.3 Å². The first-order valence-electron chi connectivity index (χ1n) is 8.10. The summed E-state index contributed by atoms with van der Waals surface area (Å²) in [4.78, 5) is 16.0. The van der Waals surface area contributed by atoms with Crippen LogP contribution in [0.5, 0.6) is 0 Å². The molecule has 2 aromatic heterocycles. The van der Waals surface area contributed by atoms with Gasteiger partial charge in [-0.3, -0.25) is 0 Å². The van der Waals surface area contributed by atoms with Gasteiger partial charge >= 0.3 is 5.97 Å². The average Bonchev–Trinajstić information content (AvgIpc) is 2.83. The third kappa shape index (κ3) is 2.64. The highest BCUT2D eigenvalue weighted by Gasteiger charge is 2.39. The van der Waals surface area contributed by atoms with Crippen molar-refractivity contribution in [3.8, 4) is 5.82 Å². The Morgan fingerprint density at radius 1 is 1.48 bits per heavy atom. The number of rotatable bonds is 3. The SMILES string of the molecule is CCC1Cc2c(C(=O)O)nn(-c3cc(C)ccn3)c2CC1(C)C. The maximum absolute atomic E-state index is 11.6. The molecule has 0 radical (unpaired) electrons. The molecule has 1 aliphatic carbocycles. The number of carbonyl (C=O) groups is 1. The van der Waals surface area contributed by atoms with Crippen molar-refractivity contribution in [2.24, 2.45) is 11.3 Å². The Bertz CT molecular complexity index is 762. The van der Waals surface area contributed by atoms with Gasteiger partial charge in [0.25, 0.3) is 0 Å². The minimum absolute atomic E-state index is 0.124. The summed E-state index contributed by atoms with van der Waals surface area (Å²) in [5.74, 6) is 0.206. The number of hydrogen-bond acceptors (Lipinski definition) is 3. The summed E-state index contributed by atoms with van der Waals surface area (Å²) in [6.07, 6.45) is 4.37. The third-order valence-corrected chi connectivity index (χ3v) is 5.08. The highest BCUT2D eigenvalue weighted by Crippen LogP contribution is 2.42. The first kappa shape index (κ1) is 15.7. The van der Waals surface area contributed by atoms with Gasteiger partial charge in [0.15, 0.2) is 11.5 Å². The van der Waals surface area contributed by atoms with E-state index in [1.54, 1.807) is 10.9 Å². The monoisotopic (exact) mass is 313 g/mol. The molecule has 1 unspecified atom stereocenters. The number of carboxylic acid groups (broad SMARTS) is 1. The number of aromatic nitrogens is 3. The van der Waals surface area contributed by atoms with Gasteiger partial charge in [-0.25, -0.2) is 14.5 Å². The summed E-state index contributed by atoms with van der Waals surface area (Å²) in [6.45, 7) is 8.68. The van der Waals surface area contributed by atoms with Gasteiger partial charge < -0.3 is 5.11 Å². The molecular formula is C18H23N3O2. The lowest BCUT2D eigenvalue weighted by atomic mass is 9.67. The van der Waals surface area contributed by atoms with E-state index in [0.717, 1.165) is 36.1 Å². The zero-order valence-electron chi connectivity index (χ0n) is 14.1. The van der Waals surface area contributed by atoms with Gasteiger partial charge in [0.2, 0.25) is 0 Å². The third-order valence-electron chi connectivity index (χ3n) is 5.08. The highest BCUT2D eigenvalue weighted by atomic mass is 16.4. The van der Waals surface area contributed by atoms with Gasteiger partial charge in [-0.2, -0.15) is 5.10 Å². The molecule has 0 amide bonds. The van der Waals surface area contributed by atoms with E-state index in [1.807, 2.05) is 19.1 Å². The van der Waals surface area contributed by atoms with Crippen LogP contribution < -0.4 is 0 Å². The van der Waals surface area contributed by atoms with Crippen LogP contribution in [-0.2, 0) is 12.8 Å². The maximum atomic E-state index is 11.6. The second-order valence-corrected chi connectivity index (χ2v) is 7.16. The van der Waals surface area contributed by atoms with Crippen molar-refractivity contribution in [2.75, 3.05) is 0 Å². The lowest BCUT2D eigenvalue weighted by molar-refractivity contribution is 0.0687. The van der Waals surface area contributed by atoms with Crippen molar-refractivity contribution >= 4 is 5.97 Å². The van der Waals surface area contributed by atoms with Gasteiger partial charge in [-0.15, -0.1) is 0 Å². The topological polar surface area (TPSA) is 68.0 Å². The molecule has 2 aromatic rings. The first-order chi connectivity index (χ1) is 10.8. The van der Waals surface area contributed by atoms with E-state index in [-0.39, 0.29) is 11.1 Å². The molecule has 122 valence electrons. The Morgan fingerprint density at radius 3 is 2.83 bits per heavy atom. The van der Waals surface area contributed by atoms with E-state index in [9.17, 15) is 9.90 Å². The summed E-state index contributed by atoms with van der Waals surface area (Å²) in [6, 6.07) is 3.87. The Morgan fingerprint density at radius 2 is 2.22 bits per heavy atom. The number of nitrogens with zero attached hydrogens (tertiary/aromatic N) is 3. The second kappa shape index (κ2) is 5.48. The van der Waals surface area contributed by atoms with E-state index >= 15 is 0 Å². The fraction of sp³-hybridized carbons (Fsp3) is 0.500. The molecule has 1 atom stereocenters. The molecule has 0 aliphatic heterocycles. The predicted octanol–water partition coefficient (Wildman–Crippen LogP) is 3.42. The Balaban J connectivity index is 2.19. The van der Waals surface area contributed by atoms with Crippen molar-refractivity contribution in [2.45, 2.75) is 47.0 Å². The number of pyridine rings is 1. The fourth-order valence-corrected chi connectivity index (χ4v) is 3.67. The van der Waals surface area contributed by atoms with E-state index in [2.05, 4.69) is 30.9 Å². The van der Waals surface area contributed by atoms with Gasteiger partial charge in [0, 0.05) is 11.8 Å². The number of fused-ring (bicyclic) bond motifs is 1. The molecule has 23 heavy (non-hydrogen) atoms. The lowest BCUT2D eigenvalue weighted by Crippen LogP contribution is -2.33. The zero-order valence-corrected chi connectivity index (χ0v) is 14.1. The largest absolute Gasteiger partial charge is 0.476 e. The normalized spacial score (nSPS) is 19.4. The number of hydrogen-bond donors (Lipinski definition) is 1. The molecule has 2 heterocycles. The molecule has 0 spiro atoms. The van der Waals surface area contributed by atoms with Gasteiger partial charge in [0.05, 0.1) is 5.69 Å². The van der Waals surface area contributed by atoms with Crippen molar-refractivity contribution in [3.63, 3.8) is 0 Å². The summed E-state index contributed by atoms with van der Waals surface area (Å²) in [7, 11) is 0. The molecule has 0 fully saturated rings. The van der Waals surface area contributed by atoms with Crippen LogP contribution in [0.4, 0.5) is 0 Å². The van der Waals surface area contributed by atoms with Crippen LogP contribution in [0.25, 0.3) is 5.82 Å². The molecule has 0 aromatic carbocycles. The Hall–Kier alpha value is -2.17. The molecule has 0 bridgehead atoms. The first-order valence-corrected chi connectivity index (χ1v) is 8.10. The molecule has 3 rings (SSSR count). The fourth-order valence-electron chi connectivity index (χ4n) is 3.67. The standard InChI is InChI=1S/C18H23N3O2/c1-5-12-9-13-14(10-18(12,3)4)21(20-16(13)17(22)23)15-8-11(2)6-7-19-15/h6-8,12H,5,9-10H2,1-4H3,(H,22,23). The number of aryl methyl sites for hydroxylation is 1. The van der Waals surface area contributed by atoms with Crippen molar-refractivity contribution in [1.82, 2.24) is 14.8 Å². The minimum Gasteiger partial charge on any atom is -0.476 e. The van der Waals surface area contributed by atoms with Crippen molar-refractivity contribution < 1.29 is 9.90 Å². The number of carboxylic acids is 1. The molecular weight excluding hydrogens is 290 g/mol. The molecule has 1 aliphatic rings. The molecule has 5 nitrogen and oxygen atoms in total. The van der Waals surface area contributed by atoms with E-state index in [1.165, 1.54) is 0 Å². The van der Waals surface area contributed by atoms with Gasteiger partial charge in [0.1, 0.15) is 0 Å². The van der Waals surface area contributed by atoms with Crippen LogP contribution in [0.3, 0.4) is 0 Å². The smallest absolute Gasteiger partial charge is 0.356 e. The lowest BCUT2D eigenvalue weighted by Gasteiger charge is -2.38. The van der Waals surface area contributed by atoms with Gasteiger partial charge in [-0.05, 0) is 48.8 Å². The van der Waals surface area contributed by atoms with Crippen LogP contribution in [0.2, 0.25) is 0 Å². The summed E-state index contributed by atoms with van der Waals surface area (Å²) < 4.78 is 1.74. The molecule has 5 heteroatoms.